The van der Waals surface area contributed by atoms with Crippen molar-refractivity contribution in [1.29, 1.82) is 0 Å². The summed E-state index contributed by atoms with van der Waals surface area (Å²) < 4.78 is 30.2. The van der Waals surface area contributed by atoms with Crippen LogP contribution in [0.4, 0.5) is 0 Å². The lowest BCUT2D eigenvalue weighted by Crippen LogP contribution is -2.33. The normalized spacial score (nSPS) is 15.1. The Morgan fingerprint density at radius 2 is 1.72 bits per heavy atom. The van der Waals surface area contributed by atoms with Gasteiger partial charge in [0.05, 0.1) is 10.6 Å². The van der Waals surface area contributed by atoms with Crippen LogP contribution in [0.5, 0.6) is 5.75 Å². The Morgan fingerprint density at radius 3 is 2.44 bits per heavy atom. The maximum atomic E-state index is 11.3. The molecule has 3 aromatic heterocycles. The minimum absolute atomic E-state index is 0.433. The van der Waals surface area contributed by atoms with E-state index in [1.54, 1.807) is 30.7 Å². The van der Waals surface area contributed by atoms with Gasteiger partial charge < -0.3 is 4.74 Å². The third-order valence-electron chi connectivity index (χ3n) is 7.33. The minimum Gasteiger partial charge on any atom is -0.492 e. The van der Waals surface area contributed by atoms with Gasteiger partial charge in [-0.05, 0) is 74.8 Å². The SMILES string of the molecule is Cc1ccc(S(O)(O)n2cc(-c3ccn[nH]3)c3cc(-c4ccc(OCCN5CCCCC5)cc4)cnc32)cc1. The molecule has 8 nitrogen and oxygen atoms in total. The third kappa shape index (κ3) is 5.31. The molecule has 1 fully saturated rings. The first-order chi connectivity index (χ1) is 19.0. The van der Waals surface area contributed by atoms with E-state index in [2.05, 4.69) is 15.1 Å². The third-order valence-corrected chi connectivity index (χ3v) is 9.06. The maximum Gasteiger partial charge on any atom is 0.159 e. The molecule has 1 saturated heterocycles. The summed E-state index contributed by atoms with van der Waals surface area (Å²) in [6.45, 7) is 5.94. The Bertz CT molecular complexity index is 1540. The molecule has 0 saturated carbocycles. The second kappa shape index (κ2) is 10.9. The number of benzene rings is 2. The van der Waals surface area contributed by atoms with Crippen molar-refractivity contribution in [2.45, 2.75) is 31.1 Å². The Kier molecular flexibility index (Phi) is 7.14. The van der Waals surface area contributed by atoms with Crippen molar-refractivity contribution in [2.75, 3.05) is 26.2 Å². The fraction of sp³-hybridized carbons (Fsp3) is 0.267. The van der Waals surface area contributed by atoms with E-state index in [9.17, 15) is 9.11 Å². The number of pyridine rings is 1. The number of fused-ring (bicyclic) bond motifs is 1. The monoisotopic (exact) mass is 543 g/mol. The van der Waals surface area contributed by atoms with Crippen LogP contribution in [0.25, 0.3) is 33.4 Å². The highest BCUT2D eigenvalue weighted by atomic mass is 32.3. The van der Waals surface area contributed by atoms with Crippen molar-refractivity contribution in [3.63, 3.8) is 0 Å². The van der Waals surface area contributed by atoms with Gasteiger partial charge in [0, 0.05) is 41.6 Å². The van der Waals surface area contributed by atoms with Crippen molar-refractivity contribution in [3.8, 4) is 28.1 Å². The predicted octanol–water partition coefficient (Wildman–Crippen LogP) is 6.84. The predicted molar refractivity (Wildman–Crippen MR) is 156 cm³/mol. The van der Waals surface area contributed by atoms with Gasteiger partial charge in [0.25, 0.3) is 0 Å². The second-order valence-electron chi connectivity index (χ2n) is 10.0. The summed E-state index contributed by atoms with van der Waals surface area (Å²) in [5.41, 5.74) is 5.03. The van der Waals surface area contributed by atoms with Crippen LogP contribution >= 0.6 is 10.8 Å². The van der Waals surface area contributed by atoms with Crippen molar-refractivity contribution in [2.24, 2.45) is 0 Å². The largest absolute Gasteiger partial charge is 0.492 e. The van der Waals surface area contributed by atoms with E-state index < -0.39 is 10.8 Å². The molecule has 5 aromatic rings. The van der Waals surface area contributed by atoms with Crippen molar-refractivity contribution in [3.05, 3.63) is 84.8 Å². The van der Waals surface area contributed by atoms with Crippen LogP contribution < -0.4 is 4.74 Å². The fourth-order valence-corrected chi connectivity index (χ4v) is 6.47. The summed E-state index contributed by atoms with van der Waals surface area (Å²) in [5, 5.41) is 7.90. The summed E-state index contributed by atoms with van der Waals surface area (Å²) in [5.74, 6) is 0.848. The molecule has 0 bridgehead atoms. The highest BCUT2D eigenvalue weighted by Gasteiger charge is 2.24. The molecule has 0 atom stereocenters. The van der Waals surface area contributed by atoms with Gasteiger partial charge in [-0.2, -0.15) is 5.10 Å². The molecule has 0 amide bonds. The lowest BCUT2D eigenvalue weighted by Gasteiger charge is -2.33. The number of nitrogens with zero attached hydrogens (tertiary/aromatic N) is 4. The van der Waals surface area contributed by atoms with Crippen LogP contribution in [0.2, 0.25) is 0 Å². The molecule has 2 aromatic carbocycles. The smallest absolute Gasteiger partial charge is 0.159 e. The number of ether oxygens (including phenoxy) is 1. The van der Waals surface area contributed by atoms with Gasteiger partial charge in [-0.25, -0.2) is 8.96 Å². The van der Waals surface area contributed by atoms with Gasteiger partial charge >= 0.3 is 0 Å². The Balaban J connectivity index is 1.29. The molecule has 202 valence electrons. The molecule has 6 rings (SSSR count). The van der Waals surface area contributed by atoms with Gasteiger partial charge in [0.2, 0.25) is 0 Å². The zero-order chi connectivity index (χ0) is 26.8. The minimum atomic E-state index is -3.35. The average Bonchev–Trinajstić information content (AvgIpc) is 3.63. The lowest BCUT2D eigenvalue weighted by atomic mass is 10.0. The van der Waals surface area contributed by atoms with Crippen molar-refractivity contribution >= 4 is 21.8 Å². The van der Waals surface area contributed by atoms with Crippen LogP contribution in [0.3, 0.4) is 0 Å². The molecular weight excluding hydrogens is 510 g/mol. The average molecular weight is 544 g/mol. The Labute approximate surface area is 229 Å². The molecule has 0 spiro atoms. The molecule has 3 N–H and O–H groups in total. The molecule has 0 unspecified atom stereocenters. The van der Waals surface area contributed by atoms with E-state index in [-0.39, 0.29) is 0 Å². The van der Waals surface area contributed by atoms with E-state index in [0.717, 1.165) is 45.6 Å². The summed E-state index contributed by atoms with van der Waals surface area (Å²) in [4.78, 5) is 7.62. The van der Waals surface area contributed by atoms with E-state index in [4.69, 9.17) is 9.72 Å². The molecule has 1 aliphatic heterocycles. The van der Waals surface area contributed by atoms with Crippen LogP contribution in [0.1, 0.15) is 24.8 Å². The Hall–Kier alpha value is -3.63. The summed E-state index contributed by atoms with van der Waals surface area (Å²) in [6.07, 6.45) is 9.09. The molecule has 9 heteroatoms. The first-order valence-electron chi connectivity index (χ1n) is 13.3. The van der Waals surface area contributed by atoms with Gasteiger partial charge in [-0.3, -0.25) is 19.1 Å². The van der Waals surface area contributed by atoms with Crippen LogP contribution in [0.15, 0.2) is 84.1 Å². The van der Waals surface area contributed by atoms with Crippen molar-refractivity contribution < 1.29 is 13.8 Å². The topological polar surface area (TPSA) is 99.4 Å². The summed E-state index contributed by atoms with van der Waals surface area (Å²) in [6, 6.07) is 19.2. The zero-order valence-electron chi connectivity index (χ0n) is 22.0. The number of hydrogen-bond acceptors (Lipinski definition) is 6. The number of hydrogen-bond donors (Lipinski definition) is 3. The highest BCUT2D eigenvalue weighted by molar-refractivity contribution is 8.23. The van der Waals surface area contributed by atoms with E-state index >= 15 is 0 Å². The summed E-state index contributed by atoms with van der Waals surface area (Å²) in [7, 11) is -3.35. The van der Waals surface area contributed by atoms with E-state index in [1.807, 2.05) is 55.5 Å². The molecule has 0 aliphatic carbocycles. The number of nitrogens with one attached hydrogen (secondary N) is 1. The van der Waals surface area contributed by atoms with E-state index in [0.29, 0.717) is 17.1 Å². The Morgan fingerprint density at radius 1 is 0.949 bits per heavy atom. The second-order valence-corrected chi connectivity index (χ2v) is 11.9. The molecule has 1 aliphatic rings. The zero-order valence-corrected chi connectivity index (χ0v) is 22.8. The van der Waals surface area contributed by atoms with Crippen LogP contribution in [-0.2, 0) is 0 Å². The number of aryl methyl sites for hydroxylation is 1. The summed E-state index contributed by atoms with van der Waals surface area (Å²) >= 11 is 0. The van der Waals surface area contributed by atoms with Gasteiger partial charge in [-0.1, -0.05) is 47.0 Å². The number of likely N-dealkylation sites (tertiary alicyclic amines) is 1. The molecule has 39 heavy (non-hydrogen) atoms. The first kappa shape index (κ1) is 25.6. The number of H-pyrrole nitrogens is 1. The fourth-order valence-electron chi connectivity index (χ4n) is 5.11. The van der Waals surface area contributed by atoms with Gasteiger partial charge in [-0.15, -0.1) is 0 Å². The molecule has 4 heterocycles. The first-order valence-corrected chi connectivity index (χ1v) is 14.8. The standard InChI is InChI=1S/C30H33N5O3S/c1-22-5-11-26(12-6-22)39(36,37)35-21-28(29-13-14-32-33-29)27-19-24(20-31-30(27)35)23-7-9-25(10-8-23)38-18-17-34-15-3-2-4-16-34/h5-14,19-21,36-37H,2-4,15-18H2,1H3,(H,32,33). The highest BCUT2D eigenvalue weighted by Crippen LogP contribution is 2.52. The van der Waals surface area contributed by atoms with E-state index in [1.165, 1.54) is 36.3 Å². The number of aromatic amines is 1. The molecule has 0 radical (unpaired) electrons. The number of aromatic nitrogens is 4. The van der Waals surface area contributed by atoms with Crippen molar-refractivity contribution in [1.82, 2.24) is 24.1 Å². The number of rotatable bonds is 8. The van der Waals surface area contributed by atoms with Gasteiger partial charge in [0.15, 0.2) is 5.65 Å². The maximum absolute atomic E-state index is 11.3. The quantitative estimate of drug-likeness (QED) is 0.198. The number of piperidine rings is 1. The molecular formula is C30H33N5O3S. The van der Waals surface area contributed by atoms with Crippen LogP contribution in [0, 0.1) is 6.92 Å². The lowest BCUT2D eigenvalue weighted by molar-refractivity contribution is 0.183. The van der Waals surface area contributed by atoms with Gasteiger partial charge in [0.1, 0.15) is 12.4 Å². The van der Waals surface area contributed by atoms with Crippen LogP contribution in [-0.4, -0.2) is 59.4 Å².